The predicted octanol–water partition coefficient (Wildman–Crippen LogP) is 4.57. The third kappa shape index (κ3) is 3.35. The summed E-state index contributed by atoms with van der Waals surface area (Å²) >= 11 is 4.13. The average molecular weight is 443 g/mol. The second-order valence-corrected chi connectivity index (χ2v) is 9.00. The molecule has 0 spiro atoms. The highest BCUT2D eigenvalue weighted by atomic mass is 32.1. The van der Waals surface area contributed by atoms with E-state index in [1.54, 1.807) is 17.4 Å². The van der Waals surface area contributed by atoms with Crippen molar-refractivity contribution in [3.63, 3.8) is 0 Å². The number of fused-ring (bicyclic) bond motifs is 2. The molecule has 0 fully saturated rings. The minimum Gasteiger partial charge on any atom is -0.300 e. The van der Waals surface area contributed by atoms with Gasteiger partial charge >= 0.3 is 0 Å². The van der Waals surface area contributed by atoms with E-state index >= 15 is 0 Å². The van der Waals surface area contributed by atoms with E-state index in [0.717, 1.165) is 10.4 Å². The van der Waals surface area contributed by atoms with Gasteiger partial charge < -0.3 is 5.32 Å². The number of thiazole rings is 1. The number of benzene rings is 1. The summed E-state index contributed by atoms with van der Waals surface area (Å²) in [5.74, 6) is -0.761. The lowest BCUT2D eigenvalue weighted by Gasteiger charge is -2.05. The minimum absolute atomic E-state index is 0.189. The van der Waals surface area contributed by atoms with Crippen LogP contribution in [0.3, 0.4) is 0 Å². The molecule has 5 rings (SSSR count). The Bertz CT molecular complexity index is 1420. The molecular formula is C19H11FN4O2S3. The van der Waals surface area contributed by atoms with Gasteiger partial charge in [-0.2, -0.15) is 0 Å². The SMILES string of the molecule is O=C(Cn1cnc2scc(-c3cccs3)c2c1=O)Nc1nc2ccc(F)cc2s1. The Kier molecular flexibility index (Phi) is 4.46. The van der Waals surface area contributed by atoms with Gasteiger partial charge in [0.05, 0.1) is 21.9 Å². The summed E-state index contributed by atoms with van der Waals surface area (Å²) in [6, 6.07) is 8.12. The molecule has 0 radical (unpaired) electrons. The highest BCUT2D eigenvalue weighted by Crippen LogP contribution is 2.33. The maximum Gasteiger partial charge on any atom is 0.263 e. The lowest BCUT2D eigenvalue weighted by Crippen LogP contribution is -2.27. The van der Waals surface area contributed by atoms with Gasteiger partial charge in [0.1, 0.15) is 17.2 Å². The Labute approximate surface area is 174 Å². The summed E-state index contributed by atoms with van der Waals surface area (Å²) in [6.45, 7) is -0.189. The minimum atomic E-state index is -0.402. The molecule has 0 aliphatic heterocycles. The van der Waals surface area contributed by atoms with Crippen LogP contribution in [0, 0.1) is 5.82 Å². The predicted molar refractivity (Wildman–Crippen MR) is 115 cm³/mol. The number of halogens is 1. The molecule has 10 heteroatoms. The summed E-state index contributed by atoms with van der Waals surface area (Å²) in [5.41, 5.74) is 1.17. The normalized spacial score (nSPS) is 11.3. The van der Waals surface area contributed by atoms with Crippen molar-refractivity contribution in [2.75, 3.05) is 5.32 Å². The molecule has 0 saturated heterocycles. The zero-order valence-electron chi connectivity index (χ0n) is 14.6. The Morgan fingerprint density at radius 3 is 2.97 bits per heavy atom. The van der Waals surface area contributed by atoms with Crippen molar-refractivity contribution in [2.45, 2.75) is 6.54 Å². The molecule has 1 amide bonds. The quantitative estimate of drug-likeness (QED) is 0.442. The maximum absolute atomic E-state index is 13.3. The molecule has 0 aliphatic rings. The van der Waals surface area contributed by atoms with Gasteiger partial charge in [-0.05, 0) is 29.6 Å². The van der Waals surface area contributed by atoms with Crippen molar-refractivity contribution >= 4 is 65.5 Å². The number of rotatable bonds is 4. The maximum atomic E-state index is 13.3. The summed E-state index contributed by atoms with van der Waals surface area (Å²) in [6.07, 6.45) is 1.38. The van der Waals surface area contributed by atoms with Crippen LogP contribution in [0.1, 0.15) is 0 Å². The van der Waals surface area contributed by atoms with Crippen LogP contribution in [0.4, 0.5) is 9.52 Å². The molecule has 0 atom stereocenters. The van der Waals surface area contributed by atoms with Gasteiger partial charge in [0.25, 0.3) is 5.56 Å². The van der Waals surface area contributed by atoms with E-state index in [1.807, 2.05) is 22.9 Å². The van der Waals surface area contributed by atoms with E-state index in [-0.39, 0.29) is 17.9 Å². The summed E-state index contributed by atoms with van der Waals surface area (Å²) in [4.78, 5) is 35.7. The number of carbonyl (C=O) groups excluding carboxylic acids is 1. The number of amides is 1. The second-order valence-electron chi connectivity index (χ2n) is 6.16. The summed E-state index contributed by atoms with van der Waals surface area (Å²) < 4.78 is 15.2. The van der Waals surface area contributed by atoms with Crippen molar-refractivity contribution in [3.8, 4) is 10.4 Å². The van der Waals surface area contributed by atoms with E-state index in [4.69, 9.17) is 0 Å². The Morgan fingerprint density at radius 2 is 2.14 bits per heavy atom. The van der Waals surface area contributed by atoms with Gasteiger partial charge in [-0.15, -0.1) is 22.7 Å². The zero-order chi connectivity index (χ0) is 20.0. The first-order chi connectivity index (χ1) is 14.1. The van der Waals surface area contributed by atoms with Crippen LogP contribution < -0.4 is 10.9 Å². The number of hydrogen-bond acceptors (Lipinski definition) is 7. The highest BCUT2D eigenvalue weighted by Gasteiger charge is 2.16. The van der Waals surface area contributed by atoms with Gasteiger partial charge in [0.15, 0.2) is 5.13 Å². The van der Waals surface area contributed by atoms with Gasteiger partial charge in [-0.25, -0.2) is 14.4 Å². The molecule has 6 nitrogen and oxygen atoms in total. The number of anilines is 1. The largest absolute Gasteiger partial charge is 0.300 e. The molecule has 4 aromatic heterocycles. The van der Waals surface area contributed by atoms with Crippen LogP contribution in [0.5, 0.6) is 0 Å². The van der Waals surface area contributed by atoms with Crippen LogP contribution in [0.2, 0.25) is 0 Å². The Balaban J connectivity index is 1.43. The standard InChI is InChI=1S/C19H11FN4O2S3/c20-10-3-4-12-14(6-10)29-19(22-12)23-15(25)7-24-9-21-17-16(18(24)26)11(8-28-17)13-2-1-5-27-13/h1-6,8-9H,7H2,(H,22,23,25). The Hall–Kier alpha value is -2.95. The number of nitrogens with one attached hydrogen (secondary N) is 1. The van der Waals surface area contributed by atoms with Crippen molar-refractivity contribution in [3.05, 3.63) is 63.6 Å². The van der Waals surface area contributed by atoms with E-state index in [9.17, 15) is 14.0 Å². The first-order valence-corrected chi connectivity index (χ1v) is 11.0. The zero-order valence-corrected chi connectivity index (χ0v) is 17.0. The molecule has 4 heterocycles. The molecule has 0 bridgehead atoms. The van der Waals surface area contributed by atoms with Crippen LogP contribution >= 0.6 is 34.0 Å². The van der Waals surface area contributed by atoms with Gasteiger partial charge in [0, 0.05) is 15.8 Å². The molecule has 144 valence electrons. The molecular weight excluding hydrogens is 431 g/mol. The van der Waals surface area contributed by atoms with Crippen molar-refractivity contribution < 1.29 is 9.18 Å². The topological polar surface area (TPSA) is 76.9 Å². The fourth-order valence-electron chi connectivity index (χ4n) is 2.96. The molecule has 1 N–H and O–H groups in total. The van der Waals surface area contributed by atoms with Crippen LogP contribution in [-0.2, 0) is 11.3 Å². The first-order valence-electron chi connectivity index (χ1n) is 8.45. The molecule has 5 aromatic rings. The highest BCUT2D eigenvalue weighted by molar-refractivity contribution is 7.22. The van der Waals surface area contributed by atoms with Crippen LogP contribution in [0.25, 0.3) is 30.9 Å². The van der Waals surface area contributed by atoms with E-state index in [0.29, 0.717) is 25.6 Å². The van der Waals surface area contributed by atoms with Gasteiger partial charge in [-0.1, -0.05) is 17.4 Å². The second kappa shape index (κ2) is 7.14. The molecule has 29 heavy (non-hydrogen) atoms. The van der Waals surface area contributed by atoms with Crippen molar-refractivity contribution in [1.29, 1.82) is 0 Å². The van der Waals surface area contributed by atoms with Crippen LogP contribution in [0.15, 0.2) is 52.2 Å². The van der Waals surface area contributed by atoms with Crippen LogP contribution in [-0.4, -0.2) is 20.4 Å². The molecule has 0 saturated carbocycles. The van der Waals surface area contributed by atoms with Gasteiger partial charge in [0.2, 0.25) is 5.91 Å². The average Bonchev–Trinajstić information content (AvgIpc) is 3.42. The smallest absolute Gasteiger partial charge is 0.263 e. The lowest BCUT2D eigenvalue weighted by atomic mass is 10.2. The third-order valence-electron chi connectivity index (χ3n) is 4.26. The third-order valence-corrected chi connectivity index (χ3v) is 6.98. The first kappa shape index (κ1) is 18.1. The Morgan fingerprint density at radius 1 is 1.24 bits per heavy atom. The van der Waals surface area contributed by atoms with Crippen molar-refractivity contribution in [1.82, 2.24) is 14.5 Å². The summed E-state index contributed by atoms with van der Waals surface area (Å²) in [5, 5.41) is 7.41. The van der Waals surface area contributed by atoms with Crippen molar-refractivity contribution in [2.24, 2.45) is 0 Å². The van der Waals surface area contributed by atoms with E-state index in [2.05, 4.69) is 15.3 Å². The molecule has 1 aromatic carbocycles. The number of aromatic nitrogens is 3. The van der Waals surface area contributed by atoms with E-state index in [1.165, 1.54) is 45.7 Å². The fraction of sp³-hybridized carbons (Fsp3) is 0.0526. The lowest BCUT2D eigenvalue weighted by molar-refractivity contribution is -0.116. The molecule has 0 aliphatic carbocycles. The molecule has 0 unspecified atom stereocenters. The number of thiophene rings is 2. The number of hydrogen-bond donors (Lipinski definition) is 1. The van der Waals surface area contributed by atoms with E-state index < -0.39 is 5.91 Å². The number of carbonyl (C=O) groups is 1. The van der Waals surface area contributed by atoms with Gasteiger partial charge in [-0.3, -0.25) is 14.2 Å². The number of nitrogens with zero attached hydrogens (tertiary/aromatic N) is 3. The summed E-state index contributed by atoms with van der Waals surface area (Å²) in [7, 11) is 0. The fourth-order valence-corrected chi connectivity index (χ4v) is 5.59. The monoisotopic (exact) mass is 442 g/mol.